The molecule has 1 saturated heterocycles. The lowest BCUT2D eigenvalue weighted by molar-refractivity contribution is -0.203. The molecule has 15 heteroatoms. The summed E-state index contributed by atoms with van der Waals surface area (Å²) in [6, 6.07) is 7.51. The summed E-state index contributed by atoms with van der Waals surface area (Å²) in [5, 5.41) is 4.15. The minimum atomic E-state index is -5.25. The zero-order valence-electron chi connectivity index (χ0n) is 20.3. The molecule has 0 radical (unpaired) electrons. The maximum absolute atomic E-state index is 13.7. The molecular weight excluding hydrogens is 543 g/mol. The van der Waals surface area contributed by atoms with E-state index in [1.165, 1.54) is 27.9 Å². The van der Waals surface area contributed by atoms with Gasteiger partial charge < -0.3 is 15.1 Å². The second-order valence-electron chi connectivity index (χ2n) is 8.37. The monoisotopic (exact) mass is 565 g/mol. The Morgan fingerprint density at radius 2 is 2.00 bits per heavy atom. The van der Waals surface area contributed by atoms with E-state index in [4.69, 9.17) is 4.84 Å². The third-order valence-corrected chi connectivity index (χ3v) is 8.11. The fraction of sp³-hybridized carbons (Fsp3) is 0.391. The van der Waals surface area contributed by atoms with Gasteiger partial charge in [0.15, 0.2) is 27.3 Å². The molecule has 1 fully saturated rings. The van der Waals surface area contributed by atoms with Crippen LogP contribution in [0.5, 0.6) is 0 Å². The van der Waals surface area contributed by atoms with Gasteiger partial charge in [0.1, 0.15) is 0 Å². The quantitative estimate of drug-likeness (QED) is 0.367. The number of alkyl halides is 3. The zero-order valence-corrected chi connectivity index (χ0v) is 21.9. The van der Waals surface area contributed by atoms with E-state index in [0.29, 0.717) is 30.5 Å². The molecule has 10 nitrogen and oxygen atoms in total. The number of halogens is 3. The molecule has 2 aromatic heterocycles. The maximum Gasteiger partial charge on any atom is 0.493 e. The van der Waals surface area contributed by atoms with Crippen LogP contribution >= 0.6 is 23.1 Å². The Balaban J connectivity index is 1.62. The number of nitrogens with one attached hydrogen (secondary N) is 1. The van der Waals surface area contributed by atoms with Crippen LogP contribution in [0, 0.1) is 11.8 Å². The molecule has 1 N–H and O–H groups in total. The van der Waals surface area contributed by atoms with Crippen molar-refractivity contribution in [2.24, 2.45) is 7.05 Å². The smallest absolute Gasteiger partial charge is 0.327 e. The third-order valence-electron chi connectivity index (χ3n) is 5.96. The number of rotatable bonds is 5. The predicted octanol–water partition coefficient (Wildman–Crippen LogP) is 2.40. The van der Waals surface area contributed by atoms with E-state index in [2.05, 4.69) is 27.1 Å². The van der Waals surface area contributed by atoms with Gasteiger partial charge in [-0.2, -0.15) is 13.2 Å². The van der Waals surface area contributed by atoms with Crippen LogP contribution in [-0.4, -0.2) is 70.6 Å². The van der Waals surface area contributed by atoms with Crippen molar-refractivity contribution in [2.75, 3.05) is 42.7 Å². The number of anilines is 2. The standard InChI is InChI=1S/C23H22F3N7O3S2/c1-3-4-11-32-16-17(33(36-19(35)23(24,25)26)22(32)31-12-9-27-10-13-31)29-20(30(2)18(16)34)38-21-28-14-7-5-6-8-15(14)37-21/h5-8,22,27H,9-13H2,1-2H3. The number of nitrogens with zero attached hydrogens (tertiary/aromatic N) is 6. The van der Waals surface area contributed by atoms with Gasteiger partial charge in [-0.3, -0.25) is 14.3 Å². The van der Waals surface area contributed by atoms with Crippen molar-refractivity contribution < 1.29 is 22.8 Å². The lowest BCUT2D eigenvalue weighted by atomic mass is 10.3. The highest BCUT2D eigenvalue weighted by Crippen LogP contribution is 2.40. The first-order chi connectivity index (χ1) is 18.2. The highest BCUT2D eigenvalue weighted by atomic mass is 32.2. The van der Waals surface area contributed by atoms with E-state index in [-0.39, 0.29) is 23.2 Å². The van der Waals surface area contributed by atoms with E-state index in [0.717, 1.165) is 27.0 Å². The Morgan fingerprint density at radius 3 is 2.68 bits per heavy atom. The number of thiazole rings is 1. The van der Waals surface area contributed by atoms with E-state index >= 15 is 0 Å². The Kier molecular flexibility index (Phi) is 7.23. The molecule has 0 aliphatic carbocycles. The van der Waals surface area contributed by atoms with Crippen molar-refractivity contribution in [3.63, 3.8) is 0 Å². The summed E-state index contributed by atoms with van der Waals surface area (Å²) < 4.78 is 42.7. The van der Waals surface area contributed by atoms with E-state index in [1.54, 1.807) is 6.92 Å². The SMILES string of the molecule is CC#CCN1c2c(nc(Sc3nc4ccccc4s3)n(C)c2=O)N(OC(=O)C(F)(F)F)C1N1CCNCC1. The molecule has 2 aliphatic heterocycles. The van der Waals surface area contributed by atoms with Crippen molar-refractivity contribution in [3.8, 4) is 11.8 Å². The maximum atomic E-state index is 13.7. The van der Waals surface area contributed by atoms with Gasteiger partial charge in [0.05, 0.1) is 16.8 Å². The van der Waals surface area contributed by atoms with Crippen LogP contribution in [-0.2, 0) is 16.7 Å². The van der Waals surface area contributed by atoms with Gasteiger partial charge in [-0.25, -0.2) is 14.8 Å². The molecule has 3 aromatic rings. The summed E-state index contributed by atoms with van der Waals surface area (Å²) >= 11 is 2.50. The number of para-hydroxylation sites is 1. The van der Waals surface area contributed by atoms with Gasteiger partial charge in [0.25, 0.3) is 5.56 Å². The summed E-state index contributed by atoms with van der Waals surface area (Å²) in [4.78, 5) is 43.0. The topological polar surface area (TPSA) is 95.8 Å². The predicted molar refractivity (Wildman–Crippen MR) is 137 cm³/mol. The fourth-order valence-corrected chi connectivity index (χ4v) is 6.20. The van der Waals surface area contributed by atoms with Crippen LogP contribution in [0.25, 0.3) is 10.2 Å². The number of fused-ring (bicyclic) bond motifs is 2. The largest absolute Gasteiger partial charge is 0.493 e. The number of piperazine rings is 1. The number of aromatic nitrogens is 3. The minimum Gasteiger partial charge on any atom is -0.327 e. The molecule has 1 atom stereocenters. The van der Waals surface area contributed by atoms with Crippen LogP contribution in [0.15, 0.2) is 38.6 Å². The summed E-state index contributed by atoms with van der Waals surface area (Å²) in [6.07, 6.45) is -6.29. The summed E-state index contributed by atoms with van der Waals surface area (Å²) in [5.74, 6) is 3.03. The first-order valence-electron chi connectivity index (χ1n) is 11.5. The number of benzene rings is 1. The Hall–Kier alpha value is -3.32. The second-order valence-corrected chi connectivity index (χ2v) is 10.6. The van der Waals surface area contributed by atoms with E-state index in [1.807, 2.05) is 29.2 Å². The normalized spacial score (nSPS) is 17.9. The lowest BCUT2D eigenvalue weighted by Crippen LogP contribution is -2.61. The van der Waals surface area contributed by atoms with E-state index < -0.39 is 24.0 Å². The summed E-state index contributed by atoms with van der Waals surface area (Å²) in [7, 11) is 1.53. The highest BCUT2D eigenvalue weighted by Gasteiger charge is 2.50. The molecule has 200 valence electrons. The van der Waals surface area contributed by atoms with Crippen molar-refractivity contribution in [3.05, 3.63) is 34.6 Å². The number of carbonyl (C=O) groups is 1. The molecule has 0 spiro atoms. The summed E-state index contributed by atoms with van der Waals surface area (Å²) in [6.45, 7) is 3.62. The van der Waals surface area contributed by atoms with Crippen molar-refractivity contribution in [1.29, 1.82) is 0 Å². The Bertz CT molecular complexity index is 1460. The van der Waals surface area contributed by atoms with Crippen LogP contribution in [0.2, 0.25) is 0 Å². The highest BCUT2D eigenvalue weighted by molar-refractivity contribution is 8.01. The average Bonchev–Trinajstić information content (AvgIpc) is 3.44. The molecule has 0 amide bonds. The third kappa shape index (κ3) is 4.92. The fourth-order valence-electron chi connectivity index (χ4n) is 4.20. The van der Waals surface area contributed by atoms with Gasteiger partial charge in [-0.1, -0.05) is 18.1 Å². The van der Waals surface area contributed by atoms with Crippen LogP contribution in [0.4, 0.5) is 24.7 Å². The molecule has 0 bridgehead atoms. The first kappa shape index (κ1) is 26.3. The zero-order chi connectivity index (χ0) is 27.0. The molecular formula is C23H22F3N7O3S2. The number of hydroxylamine groups is 1. The number of hydrogen-bond acceptors (Lipinski definition) is 11. The van der Waals surface area contributed by atoms with Crippen molar-refractivity contribution >= 4 is 50.8 Å². The minimum absolute atomic E-state index is 0.00223. The van der Waals surface area contributed by atoms with Gasteiger partial charge >= 0.3 is 12.1 Å². The number of hydrogen-bond donors (Lipinski definition) is 1. The molecule has 38 heavy (non-hydrogen) atoms. The summed E-state index contributed by atoms with van der Waals surface area (Å²) in [5.41, 5.74) is 0.264. The lowest BCUT2D eigenvalue weighted by Gasteiger charge is -2.40. The van der Waals surface area contributed by atoms with Gasteiger partial charge in [-0.05, 0) is 30.8 Å². The van der Waals surface area contributed by atoms with Crippen molar-refractivity contribution in [1.82, 2.24) is 24.8 Å². The Morgan fingerprint density at radius 1 is 1.26 bits per heavy atom. The molecule has 5 rings (SSSR count). The average molecular weight is 566 g/mol. The number of carbonyl (C=O) groups excluding carboxylic acids is 1. The molecule has 1 unspecified atom stereocenters. The molecule has 1 aromatic carbocycles. The van der Waals surface area contributed by atoms with Crippen LogP contribution in [0.1, 0.15) is 6.92 Å². The van der Waals surface area contributed by atoms with Gasteiger partial charge in [0.2, 0.25) is 0 Å². The van der Waals surface area contributed by atoms with Crippen LogP contribution < -0.4 is 20.8 Å². The second kappa shape index (κ2) is 10.4. The molecule has 0 saturated carbocycles. The van der Waals surface area contributed by atoms with Gasteiger partial charge in [-0.15, -0.1) is 22.3 Å². The van der Waals surface area contributed by atoms with Gasteiger partial charge in [0, 0.05) is 33.2 Å². The van der Waals surface area contributed by atoms with Crippen molar-refractivity contribution in [2.45, 2.75) is 28.9 Å². The first-order valence-corrected chi connectivity index (χ1v) is 13.2. The molecule has 4 heterocycles. The molecule has 2 aliphatic rings. The van der Waals surface area contributed by atoms with Crippen LogP contribution in [0.3, 0.4) is 0 Å². The Labute approximate surface area is 223 Å². The van der Waals surface area contributed by atoms with E-state index in [9.17, 15) is 22.8 Å².